The molecule has 5 nitrogen and oxygen atoms in total. The SMILES string of the molecule is CC(C)OCc1nnc2n1CCNC2c1ccccc1. The molecule has 1 N–H and O–H groups in total. The summed E-state index contributed by atoms with van der Waals surface area (Å²) in [5.41, 5.74) is 1.22. The summed E-state index contributed by atoms with van der Waals surface area (Å²) in [6.45, 7) is 6.39. The fraction of sp³-hybridized carbons (Fsp3) is 0.467. The fourth-order valence-corrected chi connectivity index (χ4v) is 2.48. The summed E-state index contributed by atoms with van der Waals surface area (Å²) < 4.78 is 7.83. The Balaban J connectivity index is 1.87. The van der Waals surface area contributed by atoms with Crippen LogP contribution in [0.1, 0.15) is 37.1 Å². The lowest BCUT2D eigenvalue weighted by atomic mass is 10.1. The van der Waals surface area contributed by atoms with Crippen LogP contribution in [0.2, 0.25) is 0 Å². The van der Waals surface area contributed by atoms with Crippen LogP contribution in [0.15, 0.2) is 30.3 Å². The Bertz CT molecular complexity index is 565. The molecule has 20 heavy (non-hydrogen) atoms. The average Bonchev–Trinajstić information content (AvgIpc) is 2.89. The van der Waals surface area contributed by atoms with E-state index in [1.807, 2.05) is 19.9 Å². The van der Waals surface area contributed by atoms with E-state index in [9.17, 15) is 0 Å². The summed E-state index contributed by atoms with van der Waals surface area (Å²) in [4.78, 5) is 0. The third-order valence-electron chi connectivity index (χ3n) is 3.48. The van der Waals surface area contributed by atoms with Gasteiger partial charge in [0.05, 0.1) is 12.1 Å². The van der Waals surface area contributed by atoms with Crippen LogP contribution in [0.3, 0.4) is 0 Å². The summed E-state index contributed by atoms with van der Waals surface area (Å²) in [5.74, 6) is 1.89. The molecule has 5 heteroatoms. The molecule has 1 aromatic carbocycles. The first kappa shape index (κ1) is 13.3. The molecule has 0 amide bonds. The summed E-state index contributed by atoms with van der Waals surface area (Å²) >= 11 is 0. The van der Waals surface area contributed by atoms with Crippen LogP contribution >= 0.6 is 0 Å². The second-order valence-corrected chi connectivity index (χ2v) is 5.28. The molecular weight excluding hydrogens is 252 g/mol. The van der Waals surface area contributed by atoms with Crippen LogP contribution in [0, 0.1) is 0 Å². The summed E-state index contributed by atoms with van der Waals surface area (Å²) in [5, 5.41) is 12.2. The number of hydrogen-bond donors (Lipinski definition) is 1. The lowest BCUT2D eigenvalue weighted by molar-refractivity contribution is 0.0589. The summed E-state index contributed by atoms with van der Waals surface area (Å²) in [6, 6.07) is 10.5. The number of rotatable bonds is 4. The van der Waals surface area contributed by atoms with Gasteiger partial charge in [-0.1, -0.05) is 30.3 Å². The van der Waals surface area contributed by atoms with Gasteiger partial charge < -0.3 is 14.6 Å². The zero-order chi connectivity index (χ0) is 13.9. The Kier molecular flexibility index (Phi) is 3.80. The molecule has 0 saturated heterocycles. The number of aromatic nitrogens is 3. The highest BCUT2D eigenvalue weighted by atomic mass is 16.5. The van der Waals surface area contributed by atoms with Crippen LogP contribution in [0.25, 0.3) is 0 Å². The molecule has 106 valence electrons. The van der Waals surface area contributed by atoms with E-state index in [0.717, 1.165) is 24.7 Å². The predicted molar refractivity (Wildman–Crippen MR) is 76.2 cm³/mol. The quantitative estimate of drug-likeness (QED) is 0.923. The summed E-state index contributed by atoms with van der Waals surface area (Å²) in [7, 11) is 0. The van der Waals surface area contributed by atoms with E-state index in [1.165, 1.54) is 5.56 Å². The average molecular weight is 272 g/mol. The van der Waals surface area contributed by atoms with Gasteiger partial charge in [0, 0.05) is 13.1 Å². The van der Waals surface area contributed by atoms with Crippen LogP contribution in [0.4, 0.5) is 0 Å². The van der Waals surface area contributed by atoms with E-state index in [1.54, 1.807) is 0 Å². The Hall–Kier alpha value is -1.72. The van der Waals surface area contributed by atoms with Crippen molar-refractivity contribution < 1.29 is 4.74 Å². The van der Waals surface area contributed by atoms with Crippen molar-refractivity contribution in [3.8, 4) is 0 Å². The first-order chi connectivity index (χ1) is 9.75. The second kappa shape index (κ2) is 5.73. The minimum atomic E-state index is 0.116. The van der Waals surface area contributed by atoms with Gasteiger partial charge in [-0.3, -0.25) is 0 Å². The summed E-state index contributed by atoms with van der Waals surface area (Å²) in [6.07, 6.45) is 0.203. The largest absolute Gasteiger partial charge is 0.371 e. The zero-order valence-electron chi connectivity index (χ0n) is 11.9. The Morgan fingerprint density at radius 2 is 2.10 bits per heavy atom. The molecule has 1 aliphatic rings. The van der Waals surface area contributed by atoms with Gasteiger partial charge in [-0.25, -0.2) is 0 Å². The molecular formula is C15H20N4O. The van der Waals surface area contributed by atoms with Crippen molar-refractivity contribution in [2.75, 3.05) is 6.54 Å². The van der Waals surface area contributed by atoms with Crippen molar-refractivity contribution in [2.24, 2.45) is 0 Å². The Labute approximate surface area is 119 Å². The van der Waals surface area contributed by atoms with Gasteiger partial charge in [0.1, 0.15) is 6.61 Å². The first-order valence-electron chi connectivity index (χ1n) is 7.07. The van der Waals surface area contributed by atoms with Crippen LogP contribution in [-0.4, -0.2) is 27.4 Å². The van der Waals surface area contributed by atoms with Crippen LogP contribution in [-0.2, 0) is 17.9 Å². The number of fused-ring (bicyclic) bond motifs is 1. The molecule has 0 aliphatic carbocycles. The molecule has 3 rings (SSSR count). The zero-order valence-corrected chi connectivity index (χ0v) is 11.9. The second-order valence-electron chi connectivity index (χ2n) is 5.28. The molecule has 0 bridgehead atoms. The van der Waals surface area contributed by atoms with E-state index in [-0.39, 0.29) is 12.1 Å². The maximum Gasteiger partial charge on any atom is 0.159 e. The van der Waals surface area contributed by atoms with Gasteiger partial charge in [0.15, 0.2) is 11.6 Å². The number of benzene rings is 1. The van der Waals surface area contributed by atoms with Gasteiger partial charge in [-0.05, 0) is 19.4 Å². The van der Waals surface area contributed by atoms with Gasteiger partial charge >= 0.3 is 0 Å². The molecule has 0 spiro atoms. The molecule has 0 fully saturated rings. The van der Waals surface area contributed by atoms with Crippen molar-refractivity contribution in [3.05, 3.63) is 47.5 Å². The predicted octanol–water partition coefficient (Wildman–Crippen LogP) is 1.90. The lowest BCUT2D eigenvalue weighted by Crippen LogP contribution is -2.35. The van der Waals surface area contributed by atoms with E-state index >= 15 is 0 Å². The minimum Gasteiger partial charge on any atom is -0.371 e. The number of ether oxygens (including phenoxy) is 1. The van der Waals surface area contributed by atoms with Crippen molar-refractivity contribution in [3.63, 3.8) is 0 Å². The van der Waals surface area contributed by atoms with Gasteiger partial charge in [0.25, 0.3) is 0 Å². The maximum absolute atomic E-state index is 5.65. The number of nitrogens with zero attached hydrogens (tertiary/aromatic N) is 3. The van der Waals surface area contributed by atoms with Gasteiger partial charge in [-0.2, -0.15) is 0 Å². The molecule has 1 aliphatic heterocycles. The monoisotopic (exact) mass is 272 g/mol. The van der Waals surface area contributed by atoms with Crippen molar-refractivity contribution in [2.45, 2.75) is 39.1 Å². The standard InChI is InChI=1S/C15H20N4O/c1-11(2)20-10-13-17-18-15-14(16-8-9-19(13)15)12-6-4-3-5-7-12/h3-7,11,14,16H,8-10H2,1-2H3. The number of hydrogen-bond acceptors (Lipinski definition) is 4. The smallest absolute Gasteiger partial charge is 0.159 e. The molecule has 1 atom stereocenters. The van der Waals surface area contributed by atoms with E-state index in [2.05, 4.69) is 44.3 Å². The molecule has 2 aromatic rings. The third-order valence-corrected chi connectivity index (χ3v) is 3.48. The third kappa shape index (κ3) is 2.59. The number of nitrogens with one attached hydrogen (secondary N) is 1. The Morgan fingerprint density at radius 3 is 2.85 bits per heavy atom. The van der Waals surface area contributed by atoms with Crippen molar-refractivity contribution in [1.29, 1.82) is 0 Å². The van der Waals surface area contributed by atoms with Gasteiger partial charge in [0.2, 0.25) is 0 Å². The highest BCUT2D eigenvalue weighted by Gasteiger charge is 2.25. The first-order valence-corrected chi connectivity index (χ1v) is 7.07. The van der Waals surface area contributed by atoms with E-state index in [0.29, 0.717) is 6.61 Å². The van der Waals surface area contributed by atoms with Crippen LogP contribution < -0.4 is 5.32 Å². The molecule has 2 heterocycles. The van der Waals surface area contributed by atoms with E-state index < -0.39 is 0 Å². The maximum atomic E-state index is 5.65. The Morgan fingerprint density at radius 1 is 1.30 bits per heavy atom. The fourth-order valence-electron chi connectivity index (χ4n) is 2.48. The molecule has 1 aromatic heterocycles. The van der Waals surface area contributed by atoms with Crippen LogP contribution in [0.5, 0.6) is 0 Å². The molecule has 0 saturated carbocycles. The van der Waals surface area contributed by atoms with Crippen molar-refractivity contribution >= 4 is 0 Å². The lowest BCUT2D eigenvalue weighted by Gasteiger charge is -2.25. The topological polar surface area (TPSA) is 52.0 Å². The highest BCUT2D eigenvalue weighted by Crippen LogP contribution is 2.24. The van der Waals surface area contributed by atoms with Gasteiger partial charge in [-0.15, -0.1) is 10.2 Å². The molecule has 0 radical (unpaired) electrons. The van der Waals surface area contributed by atoms with Crippen molar-refractivity contribution in [1.82, 2.24) is 20.1 Å². The van der Waals surface area contributed by atoms with E-state index in [4.69, 9.17) is 4.74 Å². The highest BCUT2D eigenvalue weighted by molar-refractivity contribution is 5.26. The normalized spacial score (nSPS) is 18.2. The minimum absolute atomic E-state index is 0.116. The molecule has 1 unspecified atom stereocenters.